The SMILES string of the molecule is CC[C@@H](C(=O)NCC(C)C)N(Cc1ccc(C)cc1)C(=O)CN(c1ccc(C)cc1)S(=O)(=O)c1ccc(F)cc1. The Kier molecular flexibility index (Phi) is 10.5. The number of amides is 2. The Labute approximate surface area is 237 Å². The van der Waals surface area contributed by atoms with E-state index in [4.69, 9.17) is 0 Å². The van der Waals surface area contributed by atoms with E-state index in [1.807, 2.05) is 58.9 Å². The number of rotatable bonds is 12. The normalized spacial score (nSPS) is 12.2. The van der Waals surface area contributed by atoms with E-state index in [0.29, 0.717) is 13.0 Å². The summed E-state index contributed by atoms with van der Waals surface area (Å²) in [5.41, 5.74) is 3.08. The number of nitrogens with one attached hydrogen (secondary N) is 1. The highest BCUT2D eigenvalue weighted by Crippen LogP contribution is 2.25. The van der Waals surface area contributed by atoms with Crippen molar-refractivity contribution in [3.05, 3.63) is 95.3 Å². The van der Waals surface area contributed by atoms with Crippen molar-refractivity contribution in [1.29, 1.82) is 0 Å². The molecule has 3 aromatic carbocycles. The fourth-order valence-corrected chi connectivity index (χ4v) is 5.62. The second-order valence-electron chi connectivity index (χ2n) is 10.4. The van der Waals surface area contributed by atoms with Gasteiger partial charge >= 0.3 is 0 Å². The van der Waals surface area contributed by atoms with Gasteiger partial charge in [-0.05, 0) is 68.1 Å². The molecule has 0 bridgehead atoms. The molecule has 1 atom stereocenters. The summed E-state index contributed by atoms with van der Waals surface area (Å²) < 4.78 is 42.2. The minimum Gasteiger partial charge on any atom is -0.354 e. The average Bonchev–Trinajstić information content (AvgIpc) is 2.92. The zero-order valence-corrected chi connectivity index (χ0v) is 24.5. The molecule has 0 spiro atoms. The third-order valence-electron chi connectivity index (χ3n) is 6.55. The molecule has 0 saturated heterocycles. The molecule has 0 aliphatic heterocycles. The third-order valence-corrected chi connectivity index (χ3v) is 8.33. The summed E-state index contributed by atoms with van der Waals surface area (Å²) in [6, 6.07) is 18.1. The largest absolute Gasteiger partial charge is 0.354 e. The number of carbonyl (C=O) groups is 2. The number of carbonyl (C=O) groups excluding carboxylic acids is 2. The van der Waals surface area contributed by atoms with E-state index in [1.165, 1.54) is 17.0 Å². The summed E-state index contributed by atoms with van der Waals surface area (Å²) >= 11 is 0. The van der Waals surface area contributed by atoms with Gasteiger partial charge in [0.25, 0.3) is 10.0 Å². The van der Waals surface area contributed by atoms with Gasteiger partial charge in [0, 0.05) is 13.1 Å². The van der Waals surface area contributed by atoms with E-state index in [2.05, 4.69) is 5.32 Å². The summed E-state index contributed by atoms with van der Waals surface area (Å²) in [5, 5.41) is 2.92. The number of hydrogen-bond donors (Lipinski definition) is 1. The predicted octanol–water partition coefficient (Wildman–Crippen LogP) is 5.22. The number of halogens is 1. The van der Waals surface area contributed by atoms with Crippen LogP contribution < -0.4 is 9.62 Å². The van der Waals surface area contributed by atoms with Gasteiger partial charge in [-0.1, -0.05) is 68.3 Å². The Bertz CT molecular complexity index is 1390. The predicted molar refractivity (Wildman–Crippen MR) is 156 cm³/mol. The molecule has 0 aromatic heterocycles. The van der Waals surface area contributed by atoms with Gasteiger partial charge in [-0.3, -0.25) is 13.9 Å². The molecule has 1 N–H and O–H groups in total. The molecule has 0 fully saturated rings. The van der Waals surface area contributed by atoms with Crippen LogP contribution in [-0.4, -0.2) is 44.3 Å². The molecular weight excluding hydrogens is 529 g/mol. The first-order valence-electron chi connectivity index (χ1n) is 13.4. The van der Waals surface area contributed by atoms with Crippen LogP contribution in [-0.2, 0) is 26.2 Å². The number of hydrogen-bond acceptors (Lipinski definition) is 4. The van der Waals surface area contributed by atoms with Crippen LogP contribution in [0.1, 0.15) is 43.9 Å². The van der Waals surface area contributed by atoms with Crippen LogP contribution in [0.2, 0.25) is 0 Å². The maximum Gasteiger partial charge on any atom is 0.264 e. The first-order chi connectivity index (χ1) is 18.9. The van der Waals surface area contributed by atoms with Gasteiger partial charge in [0.2, 0.25) is 11.8 Å². The van der Waals surface area contributed by atoms with Crippen LogP contribution in [0.15, 0.2) is 77.7 Å². The molecule has 9 heteroatoms. The molecule has 2 amide bonds. The average molecular weight is 568 g/mol. The Morgan fingerprint density at radius 2 is 1.43 bits per heavy atom. The van der Waals surface area contributed by atoms with Crippen molar-refractivity contribution in [2.75, 3.05) is 17.4 Å². The van der Waals surface area contributed by atoms with Crippen LogP contribution in [0.25, 0.3) is 0 Å². The first-order valence-corrected chi connectivity index (χ1v) is 14.8. The standard InChI is InChI=1S/C31H38FN3O4S/c1-6-29(31(37)33-19-22(2)3)34(20-25-11-7-23(4)8-12-25)30(36)21-35(27-15-9-24(5)10-16-27)40(38,39)28-17-13-26(32)14-18-28/h7-18,22,29H,6,19-21H2,1-5H3,(H,33,37)/t29-/m0/s1. The zero-order valence-electron chi connectivity index (χ0n) is 23.7. The number of sulfonamides is 1. The van der Waals surface area contributed by atoms with Crippen LogP contribution in [0, 0.1) is 25.6 Å². The van der Waals surface area contributed by atoms with Crippen LogP contribution in [0.4, 0.5) is 10.1 Å². The van der Waals surface area contributed by atoms with Crippen molar-refractivity contribution in [3.8, 4) is 0 Å². The van der Waals surface area contributed by atoms with Crippen LogP contribution in [0.3, 0.4) is 0 Å². The van der Waals surface area contributed by atoms with E-state index in [9.17, 15) is 22.4 Å². The molecule has 0 heterocycles. The highest BCUT2D eigenvalue weighted by atomic mass is 32.2. The molecule has 0 aliphatic carbocycles. The van der Waals surface area contributed by atoms with Gasteiger partial charge in [-0.15, -0.1) is 0 Å². The highest BCUT2D eigenvalue weighted by molar-refractivity contribution is 7.92. The van der Waals surface area contributed by atoms with E-state index < -0.39 is 34.3 Å². The molecule has 0 radical (unpaired) electrons. The van der Waals surface area contributed by atoms with Crippen molar-refractivity contribution >= 4 is 27.5 Å². The van der Waals surface area contributed by atoms with Crippen molar-refractivity contribution in [2.45, 2.75) is 58.5 Å². The smallest absolute Gasteiger partial charge is 0.264 e. The Morgan fingerprint density at radius 1 is 0.875 bits per heavy atom. The number of anilines is 1. The molecular formula is C31H38FN3O4S. The molecule has 3 rings (SSSR count). The van der Waals surface area contributed by atoms with Crippen molar-refractivity contribution in [2.24, 2.45) is 5.92 Å². The minimum absolute atomic E-state index is 0.130. The third kappa shape index (κ3) is 7.91. The molecule has 0 saturated carbocycles. The van der Waals surface area contributed by atoms with E-state index in [0.717, 1.165) is 33.1 Å². The van der Waals surface area contributed by atoms with Crippen molar-refractivity contribution in [1.82, 2.24) is 10.2 Å². The Balaban J connectivity index is 2.03. The molecule has 0 unspecified atom stereocenters. The minimum atomic E-state index is -4.25. The molecule has 40 heavy (non-hydrogen) atoms. The zero-order chi connectivity index (χ0) is 29.4. The topological polar surface area (TPSA) is 86.8 Å². The van der Waals surface area contributed by atoms with E-state index in [-0.39, 0.29) is 29.0 Å². The monoisotopic (exact) mass is 567 g/mol. The first kappa shape index (κ1) is 30.8. The molecule has 214 valence electrons. The number of aryl methyl sites for hydroxylation is 2. The van der Waals surface area contributed by atoms with E-state index >= 15 is 0 Å². The lowest BCUT2D eigenvalue weighted by Crippen LogP contribution is -2.52. The van der Waals surface area contributed by atoms with Crippen molar-refractivity contribution < 1.29 is 22.4 Å². The van der Waals surface area contributed by atoms with Gasteiger partial charge in [-0.25, -0.2) is 12.8 Å². The van der Waals surface area contributed by atoms with E-state index in [1.54, 1.807) is 24.3 Å². The summed E-state index contributed by atoms with van der Waals surface area (Å²) in [5.74, 6) is -1.17. The number of benzene rings is 3. The fourth-order valence-electron chi connectivity index (χ4n) is 4.21. The Hall–Kier alpha value is -3.72. The van der Waals surface area contributed by atoms with Crippen LogP contribution >= 0.6 is 0 Å². The summed E-state index contributed by atoms with van der Waals surface area (Å²) in [6.45, 7) is 9.66. The summed E-state index contributed by atoms with van der Waals surface area (Å²) in [4.78, 5) is 28.6. The number of nitrogens with zero attached hydrogens (tertiary/aromatic N) is 2. The van der Waals surface area contributed by atoms with Crippen LogP contribution in [0.5, 0.6) is 0 Å². The lowest BCUT2D eigenvalue weighted by atomic mass is 10.1. The second-order valence-corrected chi connectivity index (χ2v) is 12.2. The lowest BCUT2D eigenvalue weighted by Gasteiger charge is -2.33. The quantitative estimate of drug-likeness (QED) is 0.325. The van der Waals surface area contributed by atoms with Gasteiger partial charge in [0.05, 0.1) is 10.6 Å². The lowest BCUT2D eigenvalue weighted by molar-refractivity contribution is -0.140. The maximum atomic E-state index is 14.0. The molecule has 0 aliphatic rings. The molecule has 7 nitrogen and oxygen atoms in total. The highest BCUT2D eigenvalue weighted by Gasteiger charge is 2.33. The van der Waals surface area contributed by atoms with Crippen molar-refractivity contribution in [3.63, 3.8) is 0 Å². The maximum absolute atomic E-state index is 14.0. The van der Waals surface area contributed by atoms with Gasteiger partial charge in [0.1, 0.15) is 18.4 Å². The fraction of sp³-hybridized carbons (Fsp3) is 0.355. The van der Waals surface area contributed by atoms with Gasteiger partial charge in [0.15, 0.2) is 0 Å². The molecule has 3 aromatic rings. The summed E-state index contributed by atoms with van der Waals surface area (Å²) in [6.07, 6.45) is 0.344. The summed E-state index contributed by atoms with van der Waals surface area (Å²) in [7, 11) is -4.25. The Morgan fingerprint density at radius 3 is 1.95 bits per heavy atom. The van der Waals surface area contributed by atoms with Gasteiger partial charge in [-0.2, -0.15) is 0 Å². The second kappa shape index (κ2) is 13.6. The van der Waals surface area contributed by atoms with Gasteiger partial charge < -0.3 is 10.2 Å².